The van der Waals surface area contributed by atoms with Crippen molar-refractivity contribution in [2.75, 3.05) is 0 Å². The molecule has 0 aliphatic heterocycles. The zero-order valence-electron chi connectivity index (χ0n) is 18.4. The summed E-state index contributed by atoms with van der Waals surface area (Å²) >= 11 is 0. The van der Waals surface area contributed by atoms with E-state index < -0.39 is 11.9 Å². The summed E-state index contributed by atoms with van der Waals surface area (Å²) in [6, 6.07) is 22.6. The first kappa shape index (κ1) is 22.0. The zero-order chi connectivity index (χ0) is 24.5. The maximum atomic E-state index is 12.3. The molecule has 8 nitrogen and oxygen atoms in total. The van der Waals surface area contributed by atoms with Gasteiger partial charge in [-0.15, -0.1) is 4.73 Å². The second-order valence-corrected chi connectivity index (χ2v) is 8.01. The predicted octanol–water partition coefficient (Wildman–Crippen LogP) is 4.55. The molecule has 174 valence electrons. The number of aryl methyl sites for hydroxylation is 1. The standard InChI is InChI=1S/C27H20N2O6/c30-22-13-14-23(31)29(22)35-24(32)15-10-16-8-11-17(12-9-16)18-5-3-7-21-25(18)26(27(33)34)19-4-1-2-6-20(19)28-21/h1-9,11-14,30-31H,10,15H2,(H,33,34). The number of carbonyl (C=O) groups is 2. The first-order valence-electron chi connectivity index (χ1n) is 10.9. The monoisotopic (exact) mass is 468 g/mol. The number of aromatic carboxylic acids is 1. The number of carboxylic acids is 1. The number of rotatable bonds is 6. The van der Waals surface area contributed by atoms with Gasteiger partial charge in [-0.1, -0.05) is 54.6 Å². The van der Waals surface area contributed by atoms with Gasteiger partial charge >= 0.3 is 11.9 Å². The molecule has 0 aliphatic carbocycles. The fraction of sp³-hybridized carbons (Fsp3) is 0.0741. The fourth-order valence-electron chi connectivity index (χ4n) is 4.15. The van der Waals surface area contributed by atoms with E-state index in [1.807, 2.05) is 42.5 Å². The average molecular weight is 468 g/mol. The number of nitrogens with zero attached hydrogens (tertiary/aromatic N) is 2. The Kier molecular flexibility index (Phi) is 5.54. The lowest BCUT2D eigenvalue weighted by atomic mass is 9.94. The van der Waals surface area contributed by atoms with Crippen molar-refractivity contribution in [1.29, 1.82) is 0 Å². The quantitative estimate of drug-likeness (QED) is 0.313. The molecule has 0 amide bonds. The van der Waals surface area contributed by atoms with Crippen LogP contribution in [0.4, 0.5) is 0 Å². The summed E-state index contributed by atoms with van der Waals surface area (Å²) in [5.74, 6) is -2.39. The lowest BCUT2D eigenvalue weighted by Gasteiger charge is -2.12. The zero-order valence-corrected chi connectivity index (χ0v) is 18.4. The van der Waals surface area contributed by atoms with Crippen molar-refractivity contribution in [3.8, 4) is 22.9 Å². The lowest BCUT2D eigenvalue weighted by molar-refractivity contribution is -0.145. The van der Waals surface area contributed by atoms with Gasteiger partial charge in [-0.2, -0.15) is 0 Å². The minimum atomic E-state index is -1.02. The molecule has 0 aliphatic rings. The Morgan fingerprint density at radius 1 is 0.829 bits per heavy atom. The van der Waals surface area contributed by atoms with Crippen molar-refractivity contribution < 1.29 is 29.7 Å². The van der Waals surface area contributed by atoms with E-state index in [4.69, 9.17) is 4.84 Å². The van der Waals surface area contributed by atoms with Crippen molar-refractivity contribution in [2.24, 2.45) is 0 Å². The van der Waals surface area contributed by atoms with E-state index >= 15 is 0 Å². The molecule has 2 heterocycles. The number of carbonyl (C=O) groups excluding carboxylic acids is 1. The second kappa shape index (κ2) is 8.83. The summed E-state index contributed by atoms with van der Waals surface area (Å²) in [4.78, 5) is 34.0. The van der Waals surface area contributed by atoms with E-state index in [2.05, 4.69) is 4.98 Å². The molecule has 0 saturated carbocycles. The molecule has 5 rings (SSSR count). The highest BCUT2D eigenvalue weighted by molar-refractivity contribution is 6.17. The highest BCUT2D eigenvalue weighted by atomic mass is 16.7. The molecule has 3 aromatic carbocycles. The van der Waals surface area contributed by atoms with Crippen LogP contribution in [0.15, 0.2) is 78.9 Å². The van der Waals surface area contributed by atoms with Crippen molar-refractivity contribution >= 4 is 33.7 Å². The predicted molar refractivity (Wildman–Crippen MR) is 129 cm³/mol. The molecular formula is C27H20N2O6. The van der Waals surface area contributed by atoms with Gasteiger partial charge in [0.2, 0.25) is 11.8 Å². The fourth-order valence-corrected chi connectivity index (χ4v) is 4.15. The Bertz CT molecular complexity index is 1570. The van der Waals surface area contributed by atoms with Gasteiger partial charge in [-0.3, -0.25) is 0 Å². The molecule has 8 heteroatoms. The van der Waals surface area contributed by atoms with E-state index in [0.717, 1.165) is 16.7 Å². The van der Waals surface area contributed by atoms with E-state index in [9.17, 15) is 24.9 Å². The van der Waals surface area contributed by atoms with Crippen LogP contribution in [0, 0.1) is 0 Å². The maximum Gasteiger partial charge on any atom is 0.337 e. The van der Waals surface area contributed by atoms with Crippen LogP contribution in [0.1, 0.15) is 22.3 Å². The molecule has 3 N–H and O–H groups in total. The van der Waals surface area contributed by atoms with Crippen molar-refractivity contribution in [3.05, 3.63) is 90.0 Å². The summed E-state index contributed by atoms with van der Waals surface area (Å²) in [6.45, 7) is 0. The summed E-state index contributed by atoms with van der Waals surface area (Å²) < 4.78 is 0.656. The SMILES string of the molecule is O=C(CCc1ccc(-c2cccc3nc4ccccc4c(C(=O)O)c23)cc1)On1c(O)ccc1O. The number of carboxylic acid groups (broad SMARTS) is 1. The second-order valence-electron chi connectivity index (χ2n) is 8.01. The molecule has 35 heavy (non-hydrogen) atoms. The van der Waals surface area contributed by atoms with Gasteiger partial charge in [0, 0.05) is 22.9 Å². The molecule has 0 spiro atoms. The summed E-state index contributed by atoms with van der Waals surface area (Å²) in [5.41, 5.74) is 3.88. The van der Waals surface area contributed by atoms with Gasteiger partial charge in [0.25, 0.3) is 0 Å². The molecule has 0 bridgehead atoms. The molecule has 0 radical (unpaired) electrons. The summed E-state index contributed by atoms with van der Waals surface area (Å²) in [6.07, 6.45) is 0.410. The smallest absolute Gasteiger partial charge is 0.337 e. The lowest BCUT2D eigenvalue weighted by Crippen LogP contribution is -2.19. The van der Waals surface area contributed by atoms with Gasteiger partial charge < -0.3 is 20.2 Å². The van der Waals surface area contributed by atoms with E-state index in [-0.39, 0.29) is 23.7 Å². The first-order valence-corrected chi connectivity index (χ1v) is 10.9. The summed E-state index contributed by atoms with van der Waals surface area (Å²) in [5, 5.41) is 30.3. The Balaban J connectivity index is 1.43. The Labute approximate surface area is 199 Å². The average Bonchev–Trinajstić information content (AvgIpc) is 3.18. The molecule has 0 fully saturated rings. The maximum absolute atomic E-state index is 12.3. The van der Waals surface area contributed by atoms with Crippen LogP contribution < -0.4 is 4.84 Å². The number of aromatic hydroxyl groups is 2. The minimum absolute atomic E-state index is 0.0315. The Morgan fingerprint density at radius 2 is 1.51 bits per heavy atom. The van der Waals surface area contributed by atoms with Crippen LogP contribution in [0.5, 0.6) is 11.8 Å². The Morgan fingerprint density at radius 3 is 2.23 bits per heavy atom. The van der Waals surface area contributed by atoms with Gasteiger partial charge in [0.05, 0.1) is 23.0 Å². The van der Waals surface area contributed by atoms with Gasteiger partial charge in [0.15, 0.2) is 0 Å². The minimum Gasteiger partial charge on any atom is -0.492 e. The van der Waals surface area contributed by atoms with Crippen molar-refractivity contribution in [2.45, 2.75) is 12.8 Å². The van der Waals surface area contributed by atoms with Crippen molar-refractivity contribution in [1.82, 2.24) is 9.71 Å². The largest absolute Gasteiger partial charge is 0.492 e. The van der Waals surface area contributed by atoms with Crippen LogP contribution in [-0.4, -0.2) is 37.0 Å². The van der Waals surface area contributed by atoms with Gasteiger partial charge in [0.1, 0.15) is 0 Å². The van der Waals surface area contributed by atoms with Gasteiger partial charge in [-0.05, 0) is 35.2 Å². The van der Waals surface area contributed by atoms with Crippen LogP contribution >= 0.6 is 0 Å². The van der Waals surface area contributed by atoms with Crippen LogP contribution in [0.3, 0.4) is 0 Å². The van der Waals surface area contributed by atoms with Crippen LogP contribution in [0.25, 0.3) is 32.9 Å². The third-order valence-corrected chi connectivity index (χ3v) is 5.79. The number of benzene rings is 3. The third-order valence-electron chi connectivity index (χ3n) is 5.79. The van der Waals surface area contributed by atoms with Crippen LogP contribution in [0.2, 0.25) is 0 Å². The number of hydrogen-bond acceptors (Lipinski definition) is 6. The molecular weight excluding hydrogens is 448 g/mol. The van der Waals surface area contributed by atoms with E-state index in [0.29, 0.717) is 33.0 Å². The molecule has 0 atom stereocenters. The molecule has 2 aromatic heterocycles. The highest BCUT2D eigenvalue weighted by Crippen LogP contribution is 2.34. The number of hydrogen-bond donors (Lipinski definition) is 3. The topological polar surface area (TPSA) is 122 Å². The van der Waals surface area contributed by atoms with Gasteiger partial charge in [-0.25, -0.2) is 14.6 Å². The van der Waals surface area contributed by atoms with E-state index in [1.165, 1.54) is 12.1 Å². The molecule has 0 unspecified atom stereocenters. The Hall–Kier alpha value is -4.85. The van der Waals surface area contributed by atoms with Crippen LogP contribution in [-0.2, 0) is 11.2 Å². The number of pyridine rings is 1. The first-order chi connectivity index (χ1) is 16.9. The normalized spacial score (nSPS) is 11.1. The third kappa shape index (κ3) is 4.13. The molecule has 0 saturated heterocycles. The number of aromatic nitrogens is 2. The molecule has 5 aromatic rings. The number of fused-ring (bicyclic) bond motifs is 2. The van der Waals surface area contributed by atoms with E-state index in [1.54, 1.807) is 24.3 Å². The number of para-hydroxylation sites is 1. The summed E-state index contributed by atoms with van der Waals surface area (Å²) in [7, 11) is 0. The highest BCUT2D eigenvalue weighted by Gasteiger charge is 2.18. The van der Waals surface area contributed by atoms with Crippen molar-refractivity contribution in [3.63, 3.8) is 0 Å².